The van der Waals surface area contributed by atoms with E-state index in [2.05, 4.69) is 10.6 Å². The molecule has 2 rings (SSSR count). The number of hydrogen-bond acceptors (Lipinski definition) is 5. The molecule has 7 nitrogen and oxygen atoms in total. The van der Waals surface area contributed by atoms with Gasteiger partial charge in [0.1, 0.15) is 24.7 Å². The van der Waals surface area contributed by atoms with Crippen LogP contribution in [0.4, 0.5) is 16.2 Å². The van der Waals surface area contributed by atoms with E-state index >= 15 is 0 Å². The Hall–Kier alpha value is -2.77. The molecule has 0 heterocycles. The highest BCUT2D eigenvalue weighted by Crippen LogP contribution is 2.18. The van der Waals surface area contributed by atoms with Gasteiger partial charge in [-0.2, -0.15) is 0 Å². The third-order valence-electron chi connectivity index (χ3n) is 3.34. The molecule has 0 aliphatic rings. The lowest BCUT2D eigenvalue weighted by Gasteiger charge is -2.10. The monoisotopic (exact) mass is 360 g/mol. The van der Waals surface area contributed by atoms with Crippen molar-refractivity contribution in [2.24, 2.45) is 0 Å². The van der Waals surface area contributed by atoms with Crippen LogP contribution < -0.4 is 20.1 Å². The highest BCUT2D eigenvalue weighted by molar-refractivity contribution is 5.99. The van der Waals surface area contributed by atoms with Crippen LogP contribution in [-0.2, 0) is 9.47 Å². The molecular weight excluding hydrogens is 336 g/mol. The van der Waals surface area contributed by atoms with Gasteiger partial charge in [0, 0.05) is 25.6 Å². The molecule has 2 N–H and O–H groups in total. The molecule has 2 aromatic carbocycles. The normalized spacial score (nSPS) is 10.2. The average Bonchev–Trinajstić information content (AvgIpc) is 2.65. The van der Waals surface area contributed by atoms with Gasteiger partial charge in [-0.05, 0) is 48.5 Å². The highest BCUT2D eigenvalue weighted by Gasteiger charge is 2.04. The molecule has 0 fully saturated rings. The molecule has 0 unspecified atom stereocenters. The third kappa shape index (κ3) is 7.00. The van der Waals surface area contributed by atoms with Gasteiger partial charge < -0.3 is 29.6 Å². The van der Waals surface area contributed by atoms with Crippen LogP contribution in [-0.4, -0.2) is 46.7 Å². The van der Waals surface area contributed by atoms with Crippen molar-refractivity contribution in [2.75, 3.05) is 51.3 Å². The molecule has 7 heteroatoms. The first-order chi connectivity index (χ1) is 12.7. The lowest BCUT2D eigenvalue weighted by Crippen LogP contribution is -2.19. The highest BCUT2D eigenvalue weighted by atomic mass is 16.5. The molecule has 0 aliphatic heterocycles. The minimum atomic E-state index is -0.328. The van der Waals surface area contributed by atoms with Gasteiger partial charge in [-0.15, -0.1) is 0 Å². The maximum Gasteiger partial charge on any atom is 0.323 e. The smallest absolute Gasteiger partial charge is 0.323 e. The van der Waals surface area contributed by atoms with Gasteiger partial charge in [0.25, 0.3) is 0 Å². The number of urea groups is 1. The zero-order chi connectivity index (χ0) is 18.6. The Bertz CT molecular complexity index is 601. The number of methoxy groups -OCH3 is 2. The standard InChI is InChI=1S/C19H24N2O5/c1-23-11-13-25-17-7-3-15(4-8-17)20-19(22)21-16-5-9-18(10-6-16)26-14-12-24-2/h3-10H,11-14H2,1-2H3,(H2,20,21,22). The van der Waals surface area contributed by atoms with Gasteiger partial charge in [-0.3, -0.25) is 0 Å². The topological polar surface area (TPSA) is 78.1 Å². The van der Waals surface area contributed by atoms with Crippen LogP contribution in [0.3, 0.4) is 0 Å². The predicted molar refractivity (Wildman–Crippen MR) is 100 cm³/mol. The van der Waals surface area contributed by atoms with Crippen LogP contribution in [0.5, 0.6) is 11.5 Å². The van der Waals surface area contributed by atoms with E-state index in [1.165, 1.54) is 0 Å². The average molecular weight is 360 g/mol. The Balaban J connectivity index is 1.78. The first kappa shape index (κ1) is 19.6. The number of rotatable bonds is 10. The van der Waals surface area contributed by atoms with Crippen LogP contribution in [0.25, 0.3) is 0 Å². The van der Waals surface area contributed by atoms with Gasteiger partial charge in [0.2, 0.25) is 0 Å². The summed E-state index contributed by atoms with van der Waals surface area (Å²) in [5.74, 6) is 1.44. The van der Waals surface area contributed by atoms with E-state index in [4.69, 9.17) is 18.9 Å². The Morgan fingerprint density at radius 2 is 1.08 bits per heavy atom. The molecule has 26 heavy (non-hydrogen) atoms. The number of ether oxygens (including phenoxy) is 4. The number of carbonyl (C=O) groups is 1. The van der Waals surface area contributed by atoms with Crippen LogP contribution in [0.1, 0.15) is 0 Å². The lowest BCUT2D eigenvalue weighted by molar-refractivity contribution is 0.146. The molecule has 0 radical (unpaired) electrons. The molecule has 0 aromatic heterocycles. The van der Waals surface area contributed by atoms with Crippen molar-refractivity contribution in [2.45, 2.75) is 0 Å². The number of anilines is 2. The molecule has 0 aliphatic carbocycles. The predicted octanol–water partition coefficient (Wildman–Crippen LogP) is 3.38. The first-order valence-electron chi connectivity index (χ1n) is 8.23. The van der Waals surface area contributed by atoms with E-state index in [1.54, 1.807) is 62.8 Å². The molecule has 0 saturated carbocycles. The molecule has 2 amide bonds. The second kappa shape index (κ2) is 11.0. The number of nitrogens with one attached hydrogen (secondary N) is 2. The maximum absolute atomic E-state index is 12.1. The number of amides is 2. The summed E-state index contributed by atoms with van der Waals surface area (Å²) in [4.78, 5) is 12.1. The van der Waals surface area contributed by atoms with Gasteiger partial charge in [0.15, 0.2) is 0 Å². The molecule has 0 spiro atoms. The van der Waals surface area contributed by atoms with E-state index in [0.717, 1.165) is 11.5 Å². The zero-order valence-electron chi connectivity index (χ0n) is 15.0. The Morgan fingerprint density at radius 1 is 0.692 bits per heavy atom. The van der Waals surface area contributed by atoms with E-state index in [-0.39, 0.29) is 6.03 Å². The van der Waals surface area contributed by atoms with Gasteiger partial charge in [-0.1, -0.05) is 0 Å². The SMILES string of the molecule is COCCOc1ccc(NC(=O)Nc2ccc(OCCOC)cc2)cc1. The van der Waals surface area contributed by atoms with Crippen molar-refractivity contribution < 1.29 is 23.7 Å². The summed E-state index contributed by atoms with van der Waals surface area (Å²) in [6.45, 7) is 2.01. The first-order valence-corrected chi connectivity index (χ1v) is 8.23. The van der Waals surface area contributed by atoms with Crippen LogP contribution in [0.2, 0.25) is 0 Å². The number of benzene rings is 2. The molecule has 140 valence electrons. The van der Waals surface area contributed by atoms with E-state index < -0.39 is 0 Å². The van der Waals surface area contributed by atoms with Crippen molar-refractivity contribution in [3.05, 3.63) is 48.5 Å². The largest absolute Gasteiger partial charge is 0.491 e. The van der Waals surface area contributed by atoms with Crippen molar-refractivity contribution in [1.82, 2.24) is 0 Å². The van der Waals surface area contributed by atoms with Crippen molar-refractivity contribution >= 4 is 17.4 Å². The van der Waals surface area contributed by atoms with Crippen LogP contribution >= 0.6 is 0 Å². The van der Waals surface area contributed by atoms with E-state index in [1.807, 2.05) is 0 Å². The van der Waals surface area contributed by atoms with Gasteiger partial charge in [-0.25, -0.2) is 4.79 Å². The Morgan fingerprint density at radius 3 is 1.42 bits per heavy atom. The maximum atomic E-state index is 12.1. The van der Waals surface area contributed by atoms with Gasteiger partial charge in [0.05, 0.1) is 13.2 Å². The summed E-state index contributed by atoms with van der Waals surface area (Å²) in [5, 5.41) is 5.53. The summed E-state index contributed by atoms with van der Waals surface area (Å²) in [7, 11) is 3.24. The summed E-state index contributed by atoms with van der Waals surface area (Å²) in [6, 6.07) is 13.9. The molecule has 0 bridgehead atoms. The van der Waals surface area contributed by atoms with Crippen molar-refractivity contribution in [3.63, 3.8) is 0 Å². The summed E-state index contributed by atoms with van der Waals surface area (Å²) in [6.07, 6.45) is 0. The Kier molecular flexibility index (Phi) is 8.25. The molecule has 2 aromatic rings. The van der Waals surface area contributed by atoms with E-state index in [0.29, 0.717) is 37.8 Å². The second-order valence-electron chi connectivity index (χ2n) is 5.31. The lowest BCUT2D eigenvalue weighted by atomic mass is 10.3. The van der Waals surface area contributed by atoms with Crippen LogP contribution in [0, 0.1) is 0 Å². The fourth-order valence-corrected chi connectivity index (χ4v) is 2.05. The minimum Gasteiger partial charge on any atom is -0.491 e. The fourth-order valence-electron chi connectivity index (χ4n) is 2.05. The Labute approximate surface area is 153 Å². The van der Waals surface area contributed by atoms with Crippen molar-refractivity contribution in [3.8, 4) is 11.5 Å². The minimum absolute atomic E-state index is 0.328. The zero-order valence-corrected chi connectivity index (χ0v) is 15.0. The second-order valence-corrected chi connectivity index (χ2v) is 5.31. The third-order valence-corrected chi connectivity index (χ3v) is 3.34. The fraction of sp³-hybridized carbons (Fsp3) is 0.316. The molecule has 0 saturated heterocycles. The van der Waals surface area contributed by atoms with Crippen LogP contribution in [0.15, 0.2) is 48.5 Å². The summed E-state index contributed by atoms with van der Waals surface area (Å²) >= 11 is 0. The van der Waals surface area contributed by atoms with Gasteiger partial charge >= 0.3 is 6.03 Å². The molecular formula is C19H24N2O5. The number of carbonyl (C=O) groups excluding carboxylic acids is 1. The summed E-state index contributed by atoms with van der Waals surface area (Å²) in [5.41, 5.74) is 1.34. The number of hydrogen-bond donors (Lipinski definition) is 2. The quantitative estimate of drug-likeness (QED) is 0.635. The van der Waals surface area contributed by atoms with Crippen molar-refractivity contribution in [1.29, 1.82) is 0 Å². The summed E-state index contributed by atoms with van der Waals surface area (Å²) < 4.78 is 20.8. The molecule has 0 atom stereocenters. The van der Waals surface area contributed by atoms with E-state index in [9.17, 15) is 4.79 Å².